The Bertz CT molecular complexity index is 347. The smallest absolute Gasteiger partial charge is 0.293 e. The molecule has 0 radical (unpaired) electrons. The molecule has 6 heteroatoms. The van der Waals surface area contributed by atoms with Crippen LogP contribution in [0.15, 0.2) is 24.3 Å². The van der Waals surface area contributed by atoms with Gasteiger partial charge in [-0.15, -0.1) is 0 Å². The number of hydrogen-bond donors (Lipinski definition) is 0. The van der Waals surface area contributed by atoms with Crippen LogP contribution in [0.4, 0.5) is 13.2 Å². The standard InChI is InChI=1S/C9H6ClF3OS/c10-7-3-1-6(2-4-7)8(14)5-15-9(11,12)13/h1-4H,5H2. The predicted molar refractivity (Wildman–Crippen MR) is 54.3 cm³/mol. The quantitative estimate of drug-likeness (QED) is 0.764. The van der Waals surface area contributed by atoms with E-state index in [0.717, 1.165) is 0 Å². The molecule has 0 aromatic heterocycles. The molecule has 0 aliphatic rings. The van der Waals surface area contributed by atoms with Crippen LogP contribution in [0.5, 0.6) is 0 Å². The Balaban J connectivity index is 2.58. The molecular formula is C9H6ClF3OS. The molecule has 0 N–H and O–H groups in total. The number of alkyl halides is 3. The Morgan fingerprint density at radius 3 is 2.27 bits per heavy atom. The van der Waals surface area contributed by atoms with Crippen molar-refractivity contribution in [2.45, 2.75) is 5.51 Å². The lowest BCUT2D eigenvalue weighted by atomic mass is 10.1. The number of benzene rings is 1. The lowest BCUT2D eigenvalue weighted by molar-refractivity contribution is -0.0327. The number of rotatable bonds is 3. The van der Waals surface area contributed by atoms with Gasteiger partial charge in [0.25, 0.3) is 0 Å². The van der Waals surface area contributed by atoms with E-state index in [1.807, 2.05) is 0 Å². The van der Waals surface area contributed by atoms with Gasteiger partial charge in [-0.05, 0) is 36.0 Å². The summed E-state index contributed by atoms with van der Waals surface area (Å²) in [6.07, 6.45) is 0. The molecule has 15 heavy (non-hydrogen) atoms. The number of carbonyl (C=O) groups excluding carboxylic acids is 1. The van der Waals surface area contributed by atoms with Gasteiger partial charge in [0.2, 0.25) is 0 Å². The van der Waals surface area contributed by atoms with Crippen molar-refractivity contribution in [2.24, 2.45) is 0 Å². The molecule has 1 nitrogen and oxygen atoms in total. The van der Waals surface area contributed by atoms with Crippen LogP contribution in [-0.4, -0.2) is 17.0 Å². The van der Waals surface area contributed by atoms with Crippen LogP contribution in [0.2, 0.25) is 5.02 Å². The van der Waals surface area contributed by atoms with Crippen molar-refractivity contribution in [3.05, 3.63) is 34.9 Å². The SMILES string of the molecule is O=C(CSC(F)(F)F)c1ccc(Cl)cc1. The molecule has 0 saturated carbocycles. The van der Waals surface area contributed by atoms with Crippen molar-refractivity contribution < 1.29 is 18.0 Å². The Hall–Kier alpha value is -0.680. The summed E-state index contributed by atoms with van der Waals surface area (Å²) < 4.78 is 35.4. The highest BCUT2D eigenvalue weighted by molar-refractivity contribution is 8.00. The third-order valence-electron chi connectivity index (χ3n) is 1.53. The summed E-state index contributed by atoms with van der Waals surface area (Å²) in [6, 6.07) is 5.74. The highest BCUT2D eigenvalue weighted by atomic mass is 35.5. The predicted octanol–water partition coefficient (Wildman–Crippen LogP) is 3.78. The van der Waals surface area contributed by atoms with Crippen molar-refractivity contribution in [3.8, 4) is 0 Å². The van der Waals surface area contributed by atoms with Gasteiger partial charge >= 0.3 is 5.51 Å². The van der Waals surface area contributed by atoms with Gasteiger partial charge in [0, 0.05) is 10.6 Å². The number of carbonyl (C=O) groups is 1. The first-order valence-corrected chi connectivity index (χ1v) is 5.24. The molecule has 0 fully saturated rings. The fourth-order valence-electron chi connectivity index (χ4n) is 0.866. The third-order valence-corrected chi connectivity index (χ3v) is 2.52. The Kier molecular flexibility index (Phi) is 4.04. The van der Waals surface area contributed by atoms with E-state index in [4.69, 9.17) is 11.6 Å². The van der Waals surface area contributed by atoms with E-state index in [1.165, 1.54) is 24.3 Å². The van der Waals surface area contributed by atoms with Crippen LogP contribution >= 0.6 is 23.4 Å². The van der Waals surface area contributed by atoms with Crippen LogP contribution in [0, 0.1) is 0 Å². The molecule has 0 atom stereocenters. The zero-order valence-corrected chi connectivity index (χ0v) is 8.92. The Morgan fingerprint density at radius 2 is 1.80 bits per heavy atom. The maximum absolute atomic E-state index is 11.8. The van der Waals surface area contributed by atoms with Crippen molar-refractivity contribution >= 4 is 29.1 Å². The van der Waals surface area contributed by atoms with Gasteiger partial charge in [0.1, 0.15) is 0 Å². The fraction of sp³-hybridized carbons (Fsp3) is 0.222. The monoisotopic (exact) mass is 254 g/mol. The zero-order valence-electron chi connectivity index (χ0n) is 7.34. The molecule has 0 bridgehead atoms. The maximum atomic E-state index is 11.8. The lowest BCUT2D eigenvalue weighted by Gasteiger charge is -2.04. The van der Waals surface area contributed by atoms with Crippen LogP contribution in [-0.2, 0) is 0 Å². The third kappa shape index (κ3) is 4.57. The van der Waals surface area contributed by atoms with Gasteiger partial charge < -0.3 is 0 Å². The second-order valence-corrected chi connectivity index (χ2v) is 4.14. The summed E-state index contributed by atoms with van der Waals surface area (Å²) in [5, 5.41) is 0.440. The van der Waals surface area contributed by atoms with Gasteiger partial charge in [-0.3, -0.25) is 4.79 Å². The molecule has 0 unspecified atom stereocenters. The maximum Gasteiger partial charge on any atom is 0.442 e. The van der Waals surface area contributed by atoms with E-state index in [-0.39, 0.29) is 17.3 Å². The number of thioether (sulfide) groups is 1. The highest BCUT2D eigenvalue weighted by Crippen LogP contribution is 2.30. The topological polar surface area (TPSA) is 17.1 Å². The molecule has 82 valence electrons. The normalized spacial score (nSPS) is 11.5. The van der Waals surface area contributed by atoms with Gasteiger partial charge in [0.15, 0.2) is 5.78 Å². The van der Waals surface area contributed by atoms with E-state index in [9.17, 15) is 18.0 Å². The lowest BCUT2D eigenvalue weighted by Crippen LogP contribution is -2.09. The molecule has 0 saturated heterocycles. The van der Waals surface area contributed by atoms with E-state index in [1.54, 1.807) is 0 Å². The van der Waals surface area contributed by atoms with E-state index in [0.29, 0.717) is 5.02 Å². The van der Waals surface area contributed by atoms with Crippen molar-refractivity contribution in [1.82, 2.24) is 0 Å². The molecule has 0 aliphatic heterocycles. The van der Waals surface area contributed by atoms with Gasteiger partial charge in [0.05, 0.1) is 5.75 Å². The number of halogens is 4. The van der Waals surface area contributed by atoms with Gasteiger partial charge in [-0.1, -0.05) is 11.6 Å². The summed E-state index contributed by atoms with van der Waals surface area (Å²) in [6.45, 7) is 0. The summed E-state index contributed by atoms with van der Waals surface area (Å²) in [4.78, 5) is 11.2. The fourth-order valence-corrected chi connectivity index (χ4v) is 1.45. The van der Waals surface area contributed by atoms with Crippen molar-refractivity contribution in [3.63, 3.8) is 0 Å². The molecule has 1 aromatic carbocycles. The minimum atomic E-state index is -4.37. The second-order valence-electron chi connectivity index (χ2n) is 2.66. The van der Waals surface area contributed by atoms with Crippen molar-refractivity contribution in [1.29, 1.82) is 0 Å². The molecule has 0 heterocycles. The molecule has 0 spiro atoms. The number of hydrogen-bond acceptors (Lipinski definition) is 2. The molecule has 0 amide bonds. The average Bonchev–Trinajstić information content (AvgIpc) is 2.14. The summed E-state index contributed by atoms with van der Waals surface area (Å²) >= 11 is 5.23. The highest BCUT2D eigenvalue weighted by Gasteiger charge is 2.29. The van der Waals surface area contributed by atoms with E-state index < -0.39 is 17.0 Å². The largest absolute Gasteiger partial charge is 0.442 e. The Morgan fingerprint density at radius 1 is 1.27 bits per heavy atom. The number of Topliss-reactive ketones (excluding diaryl/α,β-unsaturated/α-hetero) is 1. The second kappa shape index (κ2) is 4.90. The first-order chi connectivity index (χ1) is 6.88. The number of ketones is 1. The molecule has 0 aliphatic carbocycles. The molecule has 1 rings (SSSR count). The Labute approximate surface area is 93.6 Å². The minimum absolute atomic E-state index is 0.233. The summed E-state index contributed by atoms with van der Waals surface area (Å²) in [5.41, 5.74) is -4.14. The van der Waals surface area contributed by atoms with Crippen molar-refractivity contribution in [2.75, 3.05) is 5.75 Å². The average molecular weight is 255 g/mol. The van der Waals surface area contributed by atoms with Gasteiger partial charge in [-0.2, -0.15) is 13.2 Å². The van der Waals surface area contributed by atoms with Crippen LogP contribution < -0.4 is 0 Å². The molecule has 1 aromatic rings. The van der Waals surface area contributed by atoms with Crippen LogP contribution in [0.3, 0.4) is 0 Å². The van der Waals surface area contributed by atoms with Gasteiger partial charge in [-0.25, -0.2) is 0 Å². The zero-order chi connectivity index (χ0) is 11.5. The summed E-state index contributed by atoms with van der Waals surface area (Å²) in [5.74, 6) is -1.17. The molecular weight excluding hydrogens is 249 g/mol. The van der Waals surface area contributed by atoms with E-state index in [2.05, 4.69) is 0 Å². The first kappa shape index (κ1) is 12.4. The first-order valence-electron chi connectivity index (χ1n) is 3.88. The minimum Gasteiger partial charge on any atom is -0.293 e. The summed E-state index contributed by atoms with van der Waals surface area (Å²) in [7, 11) is 0. The van der Waals surface area contributed by atoms with E-state index >= 15 is 0 Å². The van der Waals surface area contributed by atoms with Crippen LogP contribution in [0.25, 0.3) is 0 Å². The van der Waals surface area contributed by atoms with Crippen LogP contribution in [0.1, 0.15) is 10.4 Å².